The van der Waals surface area contributed by atoms with Gasteiger partial charge in [0.05, 0.1) is 11.7 Å². The van der Waals surface area contributed by atoms with Crippen LogP contribution >= 0.6 is 0 Å². The molecule has 5 heterocycles. The number of aromatic nitrogens is 3. The molecule has 0 aromatic carbocycles. The zero-order valence-corrected chi connectivity index (χ0v) is 17.3. The van der Waals surface area contributed by atoms with Crippen molar-refractivity contribution in [3.05, 3.63) is 36.5 Å². The van der Waals surface area contributed by atoms with Crippen LogP contribution in [0.4, 0.5) is 15.0 Å². The molecule has 8 nitrogen and oxygen atoms in total. The highest BCUT2D eigenvalue weighted by atomic mass is 19.1. The van der Waals surface area contributed by atoms with Crippen molar-refractivity contribution in [1.82, 2.24) is 25.2 Å². The number of carbonyl (C=O) groups is 1. The Morgan fingerprint density at radius 3 is 2.74 bits per heavy atom. The monoisotopic (exact) mass is 424 g/mol. The first-order valence-corrected chi connectivity index (χ1v) is 10.7. The van der Waals surface area contributed by atoms with Crippen molar-refractivity contribution in [3.8, 4) is 11.5 Å². The third-order valence-electron chi connectivity index (χ3n) is 6.18. The molecule has 3 atom stereocenters. The van der Waals surface area contributed by atoms with Gasteiger partial charge in [0.1, 0.15) is 18.2 Å². The molecule has 31 heavy (non-hydrogen) atoms. The summed E-state index contributed by atoms with van der Waals surface area (Å²) in [6.45, 7) is 1.80. The molecule has 1 unspecified atom stereocenters. The zero-order chi connectivity index (χ0) is 21.4. The fraction of sp³-hybridized carbons (Fsp3) is 0.455. The maximum Gasteiger partial charge on any atom is 0.323 e. The van der Waals surface area contributed by atoms with Crippen LogP contribution < -0.4 is 10.6 Å². The van der Waals surface area contributed by atoms with Crippen molar-refractivity contribution in [3.63, 3.8) is 0 Å². The van der Waals surface area contributed by atoms with Crippen LogP contribution in [0.1, 0.15) is 31.6 Å². The molecule has 5 rings (SSSR count). The van der Waals surface area contributed by atoms with E-state index >= 15 is 0 Å². The number of halogens is 1. The van der Waals surface area contributed by atoms with Crippen molar-refractivity contribution in [2.24, 2.45) is 0 Å². The van der Waals surface area contributed by atoms with E-state index < -0.39 is 0 Å². The van der Waals surface area contributed by atoms with Crippen molar-refractivity contribution >= 4 is 22.8 Å². The van der Waals surface area contributed by atoms with Gasteiger partial charge in [0.2, 0.25) is 0 Å². The average Bonchev–Trinajstić information content (AvgIpc) is 3.32. The first-order valence-electron chi connectivity index (χ1n) is 10.7. The summed E-state index contributed by atoms with van der Waals surface area (Å²) in [7, 11) is 0. The van der Waals surface area contributed by atoms with E-state index in [0.717, 1.165) is 31.1 Å². The normalized spacial score (nSPS) is 22.8. The van der Waals surface area contributed by atoms with Gasteiger partial charge < -0.3 is 14.6 Å². The van der Waals surface area contributed by atoms with E-state index in [0.29, 0.717) is 35.2 Å². The highest BCUT2D eigenvalue weighted by molar-refractivity contribution is 5.91. The summed E-state index contributed by atoms with van der Waals surface area (Å²) in [6, 6.07) is 6.05. The lowest BCUT2D eigenvalue weighted by Crippen LogP contribution is -2.53. The number of fused-ring (bicyclic) bond motifs is 3. The molecule has 0 radical (unpaired) electrons. The Hall–Kier alpha value is -3.07. The van der Waals surface area contributed by atoms with Gasteiger partial charge in [-0.15, -0.1) is 0 Å². The first-order chi connectivity index (χ1) is 15.1. The van der Waals surface area contributed by atoms with Gasteiger partial charge in [-0.2, -0.15) is 0 Å². The number of urea groups is 1. The lowest BCUT2D eigenvalue weighted by molar-refractivity contribution is 0.141. The molecule has 3 aromatic rings. The number of oxazole rings is 1. The molecule has 0 aliphatic carbocycles. The fourth-order valence-electron chi connectivity index (χ4n) is 4.81. The molecular weight excluding hydrogens is 399 g/mol. The quantitative estimate of drug-likeness (QED) is 0.649. The highest BCUT2D eigenvalue weighted by Crippen LogP contribution is 2.36. The molecular formula is C22H25FN6O2. The van der Waals surface area contributed by atoms with Crippen LogP contribution in [0.2, 0.25) is 0 Å². The summed E-state index contributed by atoms with van der Waals surface area (Å²) < 4.78 is 18.0. The van der Waals surface area contributed by atoms with Crippen LogP contribution in [0.25, 0.3) is 22.4 Å². The number of aryl methyl sites for hydroxylation is 1. The summed E-state index contributed by atoms with van der Waals surface area (Å²) in [4.78, 5) is 28.1. The summed E-state index contributed by atoms with van der Waals surface area (Å²) in [5, 5.41) is 7.07. The maximum atomic E-state index is 13.0. The van der Waals surface area contributed by atoms with E-state index in [4.69, 9.17) is 4.42 Å². The Bertz CT molecular complexity index is 1090. The van der Waals surface area contributed by atoms with E-state index in [-0.39, 0.29) is 30.8 Å². The number of hydrogen-bond donors (Lipinski definition) is 2. The second-order valence-electron chi connectivity index (χ2n) is 8.24. The molecule has 9 heteroatoms. The third-order valence-corrected chi connectivity index (χ3v) is 6.18. The predicted octanol–water partition coefficient (Wildman–Crippen LogP) is 3.68. The second kappa shape index (κ2) is 8.22. The second-order valence-corrected chi connectivity index (χ2v) is 8.24. The van der Waals surface area contributed by atoms with Gasteiger partial charge in [-0.05, 0) is 37.8 Å². The summed E-state index contributed by atoms with van der Waals surface area (Å²) >= 11 is 0. The lowest BCUT2D eigenvalue weighted by Gasteiger charge is -2.39. The Morgan fingerprint density at radius 1 is 1.23 bits per heavy atom. The summed E-state index contributed by atoms with van der Waals surface area (Å²) in [5.74, 6) is 1.65. The van der Waals surface area contributed by atoms with E-state index in [1.165, 1.54) is 0 Å². The van der Waals surface area contributed by atoms with Gasteiger partial charge in [0.15, 0.2) is 11.7 Å². The average molecular weight is 424 g/mol. The maximum absolute atomic E-state index is 13.0. The molecule has 3 aromatic heterocycles. The predicted molar refractivity (Wildman–Crippen MR) is 114 cm³/mol. The van der Waals surface area contributed by atoms with Crippen LogP contribution in [0.5, 0.6) is 0 Å². The van der Waals surface area contributed by atoms with E-state index in [9.17, 15) is 9.18 Å². The van der Waals surface area contributed by atoms with Gasteiger partial charge >= 0.3 is 6.03 Å². The lowest BCUT2D eigenvalue weighted by atomic mass is 9.97. The fourth-order valence-corrected chi connectivity index (χ4v) is 4.81. The Kier molecular flexibility index (Phi) is 5.27. The molecule has 162 valence electrons. The Balaban J connectivity index is 1.31. The van der Waals surface area contributed by atoms with Gasteiger partial charge in [-0.1, -0.05) is 0 Å². The SMILES string of the molecule is Cc1ncc(-c2ccc3cnc(NC(=O)N4[C@@H]5CC[C@H]4CC(NCCF)C5)cc3n2)o1. The Labute approximate surface area is 179 Å². The van der Waals surface area contributed by atoms with Gasteiger partial charge in [0.25, 0.3) is 0 Å². The molecule has 2 N–H and O–H groups in total. The molecule has 2 aliphatic heterocycles. The van der Waals surface area contributed by atoms with Crippen LogP contribution in [0, 0.1) is 6.92 Å². The van der Waals surface area contributed by atoms with Crippen molar-refractivity contribution in [2.45, 2.75) is 50.7 Å². The summed E-state index contributed by atoms with van der Waals surface area (Å²) in [5.41, 5.74) is 1.39. The van der Waals surface area contributed by atoms with Crippen molar-refractivity contribution in [2.75, 3.05) is 18.5 Å². The minimum absolute atomic E-state index is 0.134. The summed E-state index contributed by atoms with van der Waals surface area (Å²) in [6.07, 6.45) is 7.04. The van der Waals surface area contributed by atoms with Crippen LogP contribution in [-0.4, -0.2) is 57.2 Å². The van der Waals surface area contributed by atoms with Gasteiger partial charge in [0, 0.05) is 49.2 Å². The highest BCUT2D eigenvalue weighted by Gasteiger charge is 2.43. The number of nitrogens with one attached hydrogen (secondary N) is 2. The number of alkyl halides is 1. The minimum Gasteiger partial charge on any atom is -0.439 e. The molecule has 2 aliphatic rings. The standard InChI is InChI=1S/C22H25FN6O2/c1-13-25-12-20(31-13)18-5-2-14-11-26-21(10-19(14)27-18)28-22(30)29-16-3-4-17(29)9-15(8-16)24-7-6-23/h2,5,10-12,15-17,24H,3-4,6-9H2,1H3,(H,26,28,30)/t15?,16-,17+. The minimum atomic E-state index is -0.366. The van der Waals surface area contributed by atoms with Gasteiger partial charge in [-0.25, -0.2) is 24.1 Å². The number of piperidine rings is 1. The number of rotatable bonds is 5. The van der Waals surface area contributed by atoms with Crippen molar-refractivity contribution in [1.29, 1.82) is 0 Å². The first kappa shape index (κ1) is 19.9. The Morgan fingerprint density at radius 2 is 2.03 bits per heavy atom. The number of anilines is 1. The van der Waals surface area contributed by atoms with Crippen LogP contribution in [0.3, 0.4) is 0 Å². The van der Waals surface area contributed by atoms with Crippen molar-refractivity contribution < 1.29 is 13.6 Å². The topological polar surface area (TPSA) is 96.2 Å². The molecule has 2 saturated heterocycles. The number of amides is 2. The van der Waals surface area contributed by atoms with E-state index in [2.05, 4.69) is 25.6 Å². The van der Waals surface area contributed by atoms with E-state index in [1.54, 1.807) is 25.4 Å². The smallest absolute Gasteiger partial charge is 0.323 e. The molecule has 0 saturated carbocycles. The molecule has 2 fully saturated rings. The van der Waals surface area contributed by atoms with E-state index in [1.807, 2.05) is 17.0 Å². The molecule has 2 amide bonds. The number of hydrogen-bond acceptors (Lipinski definition) is 6. The number of carbonyl (C=O) groups excluding carboxylic acids is 1. The zero-order valence-electron chi connectivity index (χ0n) is 17.3. The van der Waals surface area contributed by atoms with Gasteiger partial charge in [-0.3, -0.25) is 5.32 Å². The molecule has 0 spiro atoms. The number of nitrogens with zero attached hydrogens (tertiary/aromatic N) is 4. The van der Waals surface area contributed by atoms with Crippen LogP contribution in [-0.2, 0) is 0 Å². The number of pyridine rings is 2. The largest absolute Gasteiger partial charge is 0.439 e. The molecule has 2 bridgehead atoms. The third kappa shape index (κ3) is 3.97. The van der Waals surface area contributed by atoms with Crippen LogP contribution in [0.15, 0.2) is 35.0 Å².